The molecule has 32 heavy (non-hydrogen) atoms. The van der Waals surface area contributed by atoms with E-state index in [1.807, 2.05) is 20.8 Å². The van der Waals surface area contributed by atoms with Gasteiger partial charge in [-0.2, -0.15) is 0 Å². The van der Waals surface area contributed by atoms with Crippen molar-refractivity contribution >= 4 is 21.8 Å². The van der Waals surface area contributed by atoms with E-state index < -0.39 is 15.4 Å². The largest absolute Gasteiger partial charge is 0.493 e. The second-order valence-electron chi connectivity index (χ2n) is 9.38. The highest BCUT2D eigenvalue weighted by Gasteiger charge is 2.28. The molecule has 1 aromatic rings. The van der Waals surface area contributed by atoms with Gasteiger partial charge in [-0.15, -0.1) is 0 Å². The normalized spacial score (nSPS) is 15.3. The van der Waals surface area contributed by atoms with Gasteiger partial charge in [0, 0.05) is 39.4 Å². The Bertz CT molecular complexity index is 886. The lowest BCUT2D eigenvalue weighted by atomic mass is 9.93. The number of hydrogen-bond acceptors (Lipinski definition) is 6. The van der Waals surface area contributed by atoms with Gasteiger partial charge in [-0.25, -0.2) is 13.2 Å². The summed E-state index contributed by atoms with van der Waals surface area (Å²) < 4.78 is 34.3. The van der Waals surface area contributed by atoms with Crippen molar-refractivity contribution in [1.82, 2.24) is 9.80 Å². The van der Waals surface area contributed by atoms with Gasteiger partial charge >= 0.3 is 6.09 Å². The van der Waals surface area contributed by atoms with E-state index >= 15 is 0 Å². The van der Waals surface area contributed by atoms with Crippen molar-refractivity contribution in [2.24, 2.45) is 5.92 Å². The topological polar surface area (TPSA) is 93.2 Å². The maximum Gasteiger partial charge on any atom is 0.410 e. The number of sulfone groups is 1. The first-order valence-corrected chi connectivity index (χ1v) is 12.9. The molecule has 0 N–H and O–H groups in total. The molecule has 2 amide bonds. The highest BCUT2D eigenvalue weighted by Crippen LogP contribution is 2.23. The van der Waals surface area contributed by atoms with Crippen LogP contribution in [0.15, 0.2) is 29.2 Å². The predicted molar refractivity (Wildman–Crippen MR) is 122 cm³/mol. The van der Waals surface area contributed by atoms with E-state index in [4.69, 9.17) is 9.47 Å². The summed E-state index contributed by atoms with van der Waals surface area (Å²) in [5.74, 6) is 0.845. The highest BCUT2D eigenvalue weighted by molar-refractivity contribution is 7.90. The third-order valence-corrected chi connectivity index (χ3v) is 6.41. The Labute approximate surface area is 191 Å². The van der Waals surface area contributed by atoms with Crippen molar-refractivity contribution in [1.29, 1.82) is 0 Å². The second kappa shape index (κ2) is 11.0. The van der Waals surface area contributed by atoms with Crippen LogP contribution in [0.5, 0.6) is 5.75 Å². The molecule has 0 aliphatic carbocycles. The number of piperidine rings is 1. The number of rotatable bonds is 8. The number of benzene rings is 1. The standard InChI is InChI=1S/C23H36N2O6S/c1-23(2,3)31-22(27)25-13-10-18(11-14-25)16-21(26)24(4)12-7-15-30-19-8-6-9-20(17-19)32(5,28)29/h6,8-9,17-18H,7,10-16H2,1-5H3. The first-order chi connectivity index (χ1) is 14.8. The van der Waals surface area contributed by atoms with Gasteiger partial charge in [0.2, 0.25) is 5.91 Å². The van der Waals surface area contributed by atoms with Crippen molar-refractivity contribution in [3.8, 4) is 5.75 Å². The Kier molecular flexibility index (Phi) is 8.95. The lowest BCUT2D eigenvalue weighted by Crippen LogP contribution is -2.42. The number of nitrogens with zero attached hydrogens (tertiary/aromatic N) is 2. The maximum absolute atomic E-state index is 12.5. The van der Waals surface area contributed by atoms with Crippen LogP contribution in [0.1, 0.15) is 46.5 Å². The first-order valence-electron chi connectivity index (χ1n) is 11.0. The van der Waals surface area contributed by atoms with Crippen molar-refractivity contribution in [2.45, 2.75) is 57.0 Å². The smallest absolute Gasteiger partial charge is 0.410 e. The van der Waals surface area contributed by atoms with Crippen molar-refractivity contribution < 1.29 is 27.5 Å². The molecule has 0 saturated carbocycles. The molecule has 0 bridgehead atoms. The molecule has 1 heterocycles. The quantitative estimate of drug-likeness (QED) is 0.543. The monoisotopic (exact) mass is 468 g/mol. The zero-order valence-corrected chi connectivity index (χ0v) is 20.6. The number of carbonyl (C=O) groups excluding carboxylic acids is 2. The fourth-order valence-electron chi connectivity index (χ4n) is 3.46. The molecular formula is C23H36N2O6S. The third kappa shape index (κ3) is 8.68. The lowest BCUT2D eigenvalue weighted by Gasteiger charge is -2.33. The first kappa shape index (κ1) is 26.0. The van der Waals surface area contributed by atoms with Crippen LogP contribution in [0.2, 0.25) is 0 Å². The number of amides is 2. The summed E-state index contributed by atoms with van der Waals surface area (Å²) in [5, 5.41) is 0. The van der Waals surface area contributed by atoms with Gasteiger partial charge in [-0.05, 0) is 64.2 Å². The van der Waals surface area contributed by atoms with Crippen LogP contribution in [-0.4, -0.2) is 75.4 Å². The van der Waals surface area contributed by atoms with Gasteiger partial charge in [-0.3, -0.25) is 4.79 Å². The average molecular weight is 469 g/mol. The summed E-state index contributed by atoms with van der Waals surface area (Å²) in [4.78, 5) is 28.3. The molecule has 0 spiro atoms. The van der Waals surface area contributed by atoms with Crippen molar-refractivity contribution in [3.63, 3.8) is 0 Å². The van der Waals surface area contributed by atoms with E-state index in [-0.39, 0.29) is 22.8 Å². The summed E-state index contributed by atoms with van der Waals surface area (Å²) >= 11 is 0. The molecule has 180 valence electrons. The van der Waals surface area contributed by atoms with Gasteiger partial charge in [0.25, 0.3) is 0 Å². The Balaban J connectivity index is 1.68. The van der Waals surface area contributed by atoms with E-state index in [1.165, 1.54) is 12.1 Å². The van der Waals surface area contributed by atoms with Crippen LogP contribution in [0.4, 0.5) is 4.79 Å². The lowest BCUT2D eigenvalue weighted by molar-refractivity contribution is -0.131. The van der Waals surface area contributed by atoms with Gasteiger partial charge in [0.1, 0.15) is 11.4 Å². The van der Waals surface area contributed by atoms with Crippen molar-refractivity contribution in [3.05, 3.63) is 24.3 Å². The zero-order valence-electron chi connectivity index (χ0n) is 19.8. The van der Waals surface area contributed by atoms with Gasteiger partial charge in [0.15, 0.2) is 9.84 Å². The summed E-state index contributed by atoms with van der Waals surface area (Å²) in [5.41, 5.74) is -0.507. The number of likely N-dealkylation sites (tertiary alicyclic amines) is 1. The molecule has 2 rings (SSSR count). The van der Waals surface area contributed by atoms with Crippen LogP contribution in [-0.2, 0) is 19.4 Å². The molecule has 0 unspecified atom stereocenters. The Morgan fingerprint density at radius 3 is 2.44 bits per heavy atom. The van der Waals surface area contributed by atoms with Crippen LogP contribution < -0.4 is 4.74 Å². The summed E-state index contributed by atoms with van der Waals surface area (Å²) in [6, 6.07) is 6.41. The van der Waals surface area contributed by atoms with E-state index in [1.54, 1.807) is 29.0 Å². The van der Waals surface area contributed by atoms with Gasteiger partial charge < -0.3 is 19.3 Å². The molecular weight excluding hydrogens is 432 g/mol. The third-order valence-electron chi connectivity index (χ3n) is 5.30. The van der Waals surface area contributed by atoms with Crippen LogP contribution in [0, 0.1) is 5.92 Å². The van der Waals surface area contributed by atoms with E-state index in [2.05, 4.69) is 0 Å². The number of hydrogen-bond donors (Lipinski definition) is 0. The van der Waals surface area contributed by atoms with Gasteiger partial charge in [-0.1, -0.05) is 6.07 Å². The fraction of sp³-hybridized carbons (Fsp3) is 0.652. The Morgan fingerprint density at radius 1 is 1.19 bits per heavy atom. The van der Waals surface area contributed by atoms with E-state index in [0.29, 0.717) is 44.8 Å². The molecule has 8 nitrogen and oxygen atoms in total. The molecule has 1 aliphatic rings. The van der Waals surface area contributed by atoms with Crippen LogP contribution >= 0.6 is 0 Å². The molecule has 1 fully saturated rings. The molecule has 0 aromatic heterocycles. The number of carbonyl (C=O) groups is 2. The second-order valence-corrected chi connectivity index (χ2v) is 11.4. The Morgan fingerprint density at radius 2 is 1.84 bits per heavy atom. The Hall–Kier alpha value is -2.29. The van der Waals surface area contributed by atoms with E-state index in [0.717, 1.165) is 19.1 Å². The minimum atomic E-state index is -3.27. The SMILES string of the molecule is CN(CCCOc1cccc(S(C)(=O)=O)c1)C(=O)CC1CCN(C(=O)OC(C)(C)C)CC1. The molecule has 1 saturated heterocycles. The number of ether oxygens (including phenoxy) is 2. The van der Waals surface area contributed by atoms with Crippen LogP contribution in [0.25, 0.3) is 0 Å². The summed E-state index contributed by atoms with van der Waals surface area (Å²) in [7, 11) is -1.49. The molecule has 1 aromatic carbocycles. The van der Waals surface area contributed by atoms with Gasteiger partial charge in [0.05, 0.1) is 11.5 Å². The van der Waals surface area contributed by atoms with Crippen molar-refractivity contribution in [2.75, 3.05) is 39.5 Å². The molecule has 0 radical (unpaired) electrons. The summed E-state index contributed by atoms with van der Waals surface area (Å²) in [6.45, 7) is 7.71. The molecule has 1 aliphatic heterocycles. The fourth-order valence-corrected chi connectivity index (χ4v) is 4.12. The molecule has 0 atom stereocenters. The highest BCUT2D eigenvalue weighted by atomic mass is 32.2. The van der Waals surface area contributed by atoms with Crippen LogP contribution in [0.3, 0.4) is 0 Å². The average Bonchev–Trinajstić information content (AvgIpc) is 2.70. The zero-order chi connectivity index (χ0) is 23.9. The molecule has 9 heteroatoms. The minimum absolute atomic E-state index is 0.0831. The predicted octanol–water partition coefficient (Wildman–Crippen LogP) is 3.35. The minimum Gasteiger partial charge on any atom is -0.493 e. The summed E-state index contributed by atoms with van der Waals surface area (Å²) in [6.07, 6.45) is 3.56. The van der Waals surface area contributed by atoms with E-state index in [9.17, 15) is 18.0 Å². The maximum atomic E-state index is 12.5.